The number of aliphatic imine (C=N–C) groups is 1. The molecule has 0 aliphatic carbocycles. The van der Waals surface area contributed by atoms with Gasteiger partial charge < -0.3 is 4.74 Å². The molecule has 0 N–H and O–H groups in total. The molecule has 0 spiro atoms. The molecule has 0 unspecified atom stereocenters. The highest BCUT2D eigenvalue weighted by molar-refractivity contribution is 5.58. The zero-order valence-corrected chi connectivity index (χ0v) is 5.48. The van der Waals surface area contributed by atoms with Crippen molar-refractivity contribution in [2.24, 2.45) is 4.99 Å². The topological polar surface area (TPSA) is 21.6 Å². The lowest BCUT2D eigenvalue weighted by atomic mass is 10.7. The van der Waals surface area contributed by atoms with Gasteiger partial charge in [0.1, 0.15) is 0 Å². The van der Waals surface area contributed by atoms with Crippen LogP contribution in [0.15, 0.2) is 4.99 Å². The van der Waals surface area contributed by atoms with Crippen LogP contribution < -0.4 is 0 Å². The van der Waals surface area contributed by atoms with Gasteiger partial charge in [-0.25, -0.2) is 0 Å². The lowest BCUT2D eigenvalue weighted by molar-refractivity contribution is 0.190. The Balaban J connectivity index is 2.80. The van der Waals surface area contributed by atoms with Crippen LogP contribution in [0.5, 0.6) is 0 Å². The molecule has 0 heterocycles. The Morgan fingerprint density at radius 3 is 2.75 bits per heavy atom. The second-order valence-corrected chi connectivity index (χ2v) is 1.27. The van der Waals surface area contributed by atoms with Gasteiger partial charge in [0.2, 0.25) is 0 Å². The van der Waals surface area contributed by atoms with Crippen molar-refractivity contribution in [1.29, 1.82) is 0 Å². The first-order chi connectivity index (χ1) is 3.91. The molecular weight excluding hydrogens is 102 g/mol. The molecule has 0 atom stereocenters. The molecule has 0 aromatic rings. The maximum Gasteiger partial charge on any atom is 0.0902 e. The first-order valence-electron chi connectivity index (χ1n) is 2.88. The second-order valence-electron chi connectivity index (χ2n) is 1.27. The lowest BCUT2D eigenvalue weighted by Crippen LogP contribution is -1.93. The van der Waals surface area contributed by atoms with Crippen LogP contribution in [0.3, 0.4) is 0 Å². The normalized spacial score (nSPS) is 10.8. The number of rotatable bonds is 4. The van der Waals surface area contributed by atoms with E-state index in [-0.39, 0.29) is 0 Å². The molecule has 0 aliphatic heterocycles. The van der Waals surface area contributed by atoms with Crippen LogP contribution in [-0.2, 0) is 4.74 Å². The first kappa shape index (κ1) is 7.63. The summed E-state index contributed by atoms with van der Waals surface area (Å²) in [5, 5.41) is 0. The van der Waals surface area contributed by atoms with Crippen LogP contribution in [0.1, 0.15) is 13.8 Å². The van der Waals surface area contributed by atoms with Gasteiger partial charge in [-0.15, -0.1) is 0 Å². The van der Waals surface area contributed by atoms with E-state index in [4.69, 9.17) is 4.74 Å². The zero-order chi connectivity index (χ0) is 6.24. The highest BCUT2D eigenvalue weighted by Crippen LogP contribution is 1.68. The summed E-state index contributed by atoms with van der Waals surface area (Å²) in [4.78, 5) is 3.83. The van der Waals surface area contributed by atoms with E-state index in [1.54, 1.807) is 0 Å². The van der Waals surface area contributed by atoms with Gasteiger partial charge in [0.25, 0.3) is 0 Å². The van der Waals surface area contributed by atoms with Crippen molar-refractivity contribution >= 4 is 6.21 Å². The van der Waals surface area contributed by atoms with Crippen LogP contribution >= 0.6 is 0 Å². The maximum atomic E-state index is 4.93. The minimum Gasteiger partial charge on any atom is -0.375 e. The predicted octanol–water partition coefficient (Wildman–Crippen LogP) is 0.991. The van der Waals surface area contributed by atoms with Gasteiger partial charge in [-0.2, -0.15) is 0 Å². The monoisotopic (exact) mass is 114 g/mol. The summed E-state index contributed by atoms with van der Waals surface area (Å²) in [7, 11) is 0. The van der Waals surface area contributed by atoms with E-state index in [1.807, 2.05) is 13.8 Å². The summed E-state index contributed by atoms with van der Waals surface area (Å²) in [5.74, 6) is 0. The third-order valence-electron chi connectivity index (χ3n) is 0.641. The number of hydrogen-bond donors (Lipinski definition) is 0. The van der Waals surface area contributed by atoms with Gasteiger partial charge in [0, 0.05) is 13.2 Å². The van der Waals surface area contributed by atoms with E-state index < -0.39 is 0 Å². The average Bonchev–Trinajstić information content (AvgIpc) is 1.81. The van der Waals surface area contributed by atoms with Gasteiger partial charge in [0.15, 0.2) is 0 Å². The quantitative estimate of drug-likeness (QED) is 0.394. The minimum atomic E-state index is 0.532. The van der Waals surface area contributed by atoms with Gasteiger partial charge in [-0.05, 0) is 13.8 Å². The largest absolute Gasteiger partial charge is 0.375 e. The van der Waals surface area contributed by atoms with Crippen LogP contribution in [0.2, 0.25) is 0 Å². The summed E-state index contributed by atoms with van der Waals surface area (Å²) in [6, 6.07) is 0. The molecule has 8 heavy (non-hydrogen) atoms. The van der Waals surface area contributed by atoms with Gasteiger partial charge in [-0.3, -0.25) is 4.99 Å². The Kier molecular flexibility index (Phi) is 6.32. The smallest absolute Gasteiger partial charge is 0.0902 e. The van der Waals surface area contributed by atoms with Crippen molar-refractivity contribution in [3.8, 4) is 0 Å². The van der Waals surface area contributed by atoms with Crippen molar-refractivity contribution in [1.82, 2.24) is 0 Å². The third kappa shape index (κ3) is 5.63. The molecular formula is C6H12NO. The standard InChI is InChI=1S/C6H12NO/c1-3-7-5-6-8-4-2/h3-4,6H2,1-2H3. The summed E-state index contributed by atoms with van der Waals surface area (Å²) in [6.07, 6.45) is 2.74. The summed E-state index contributed by atoms with van der Waals surface area (Å²) < 4.78 is 4.93. The van der Waals surface area contributed by atoms with E-state index in [1.165, 1.54) is 0 Å². The summed E-state index contributed by atoms with van der Waals surface area (Å²) in [5.41, 5.74) is 0. The van der Waals surface area contributed by atoms with Crippen molar-refractivity contribution in [3.63, 3.8) is 0 Å². The van der Waals surface area contributed by atoms with E-state index in [0.29, 0.717) is 6.61 Å². The van der Waals surface area contributed by atoms with Gasteiger partial charge in [-0.1, -0.05) is 0 Å². The fourth-order valence-electron chi connectivity index (χ4n) is 0.305. The Morgan fingerprint density at radius 2 is 2.25 bits per heavy atom. The Morgan fingerprint density at radius 1 is 1.50 bits per heavy atom. The molecule has 1 radical (unpaired) electrons. The summed E-state index contributed by atoms with van der Waals surface area (Å²) >= 11 is 0. The fourth-order valence-corrected chi connectivity index (χ4v) is 0.305. The van der Waals surface area contributed by atoms with Crippen molar-refractivity contribution in [3.05, 3.63) is 0 Å². The molecule has 0 aromatic heterocycles. The Bertz CT molecular complexity index is 61.5. The third-order valence-corrected chi connectivity index (χ3v) is 0.641. The molecule has 0 aromatic carbocycles. The molecule has 0 bridgehead atoms. The molecule has 0 rings (SSSR count). The van der Waals surface area contributed by atoms with Gasteiger partial charge >= 0.3 is 0 Å². The van der Waals surface area contributed by atoms with Crippen LogP contribution in [0.4, 0.5) is 0 Å². The van der Waals surface area contributed by atoms with E-state index in [0.717, 1.165) is 13.2 Å². The number of nitrogens with zero attached hydrogens (tertiary/aromatic N) is 1. The predicted molar refractivity (Wildman–Crippen MR) is 34.5 cm³/mol. The average molecular weight is 114 g/mol. The van der Waals surface area contributed by atoms with Crippen LogP contribution in [0.25, 0.3) is 0 Å². The van der Waals surface area contributed by atoms with E-state index in [2.05, 4.69) is 11.2 Å². The zero-order valence-electron chi connectivity index (χ0n) is 5.48. The fraction of sp³-hybridized carbons (Fsp3) is 0.833. The van der Waals surface area contributed by atoms with E-state index in [9.17, 15) is 0 Å². The summed E-state index contributed by atoms with van der Waals surface area (Å²) in [6.45, 7) is 6.00. The molecule has 0 fully saturated rings. The number of ether oxygens (including phenoxy) is 1. The molecule has 0 amide bonds. The highest BCUT2D eigenvalue weighted by atomic mass is 16.5. The van der Waals surface area contributed by atoms with Crippen molar-refractivity contribution < 1.29 is 4.74 Å². The highest BCUT2D eigenvalue weighted by Gasteiger charge is 1.74. The lowest BCUT2D eigenvalue weighted by Gasteiger charge is -1.89. The number of hydrogen-bond acceptors (Lipinski definition) is 2. The molecule has 2 heteroatoms. The van der Waals surface area contributed by atoms with Crippen LogP contribution in [0, 0.1) is 0 Å². The molecule has 0 saturated heterocycles. The van der Waals surface area contributed by atoms with Crippen molar-refractivity contribution in [2.45, 2.75) is 13.8 Å². The Labute approximate surface area is 50.6 Å². The molecule has 2 nitrogen and oxygen atoms in total. The molecule has 0 saturated carbocycles. The van der Waals surface area contributed by atoms with Crippen molar-refractivity contribution in [2.75, 3.05) is 19.8 Å². The Hall–Kier alpha value is -0.370. The first-order valence-corrected chi connectivity index (χ1v) is 2.88. The maximum absolute atomic E-state index is 4.93. The van der Waals surface area contributed by atoms with Crippen LogP contribution in [-0.4, -0.2) is 26.0 Å². The molecule has 0 aliphatic rings. The molecule has 47 valence electrons. The second kappa shape index (κ2) is 6.63. The SMILES string of the molecule is CC/N=[C]\COCC. The minimum absolute atomic E-state index is 0.532. The van der Waals surface area contributed by atoms with E-state index >= 15 is 0 Å². The van der Waals surface area contributed by atoms with Gasteiger partial charge in [0.05, 0.1) is 12.8 Å².